The molecule has 0 bridgehead atoms. The van der Waals surface area contributed by atoms with Crippen LogP contribution in [0.1, 0.15) is 22.3 Å². The molecular formula is C21H21Cl2NO3. The number of aromatic nitrogens is 1. The Kier molecular flexibility index (Phi) is 8.55. The van der Waals surface area contributed by atoms with Gasteiger partial charge in [-0.2, -0.15) is 0 Å². The van der Waals surface area contributed by atoms with Crippen molar-refractivity contribution < 1.29 is 10.2 Å². The van der Waals surface area contributed by atoms with Crippen LogP contribution in [0.25, 0.3) is 0 Å². The monoisotopic (exact) mass is 405 g/mol. The molecule has 0 aliphatic heterocycles. The zero-order valence-corrected chi connectivity index (χ0v) is 16.2. The van der Waals surface area contributed by atoms with E-state index in [1.165, 1.54) is 6.07 Å². The van der Waals surface area contributed by atoms with E-state index in [0.717, 1.165) is 22.3 Å². The number of hydrogen-bond donors (Lipinski definition) is 2. The number of alkyl halides is 1. The predicted octanol–water partition coefficient (Wildman–Crippen LogP) is 3.96. The Labute approximate surface area is 168 Å². The number of hydrogen-bond acceptors (Lipinski definition) is 3. The zero-order valence-electron chi connectivity index (χ0n) is 14.7. The van der Waals surface area contributed by atoms with E-state index in [1.54, 1.807) is 16.8 Å². The maximum absolute atomic E-state index is 11.6. The van der Waals surface area contributed by atoms with Crippen molar-refractivity contribution in [2.24, 2.45) is 0 Å². The minimum absolute atomic E-state index is 0.0252. The van der Waals surface area contributed by atoms with Crippen molar-refractivity contribution >= 4 is 23.2 Å². The van der Waals surface area contributed by atoms with Gasteiger partial charge in [0.1, 0.15) is 0 Å². The molecule has 0 atom stereocenters. The predicted molar refractivity (Wildman–Crippen MR) is 109 cm³/mol. The van der Waals surface area contributed by atoms with E-state index in [9.17, 15) is 4.79 Å². The molecule has 0 saturated carbocycles. The van der Waals surface area contributed by atoms with Crippen LogP contribution in [-0.2, 0) is 25.6 Å². The van der Waals surface area contributed by atoms with Gasteiger partial charge in [0.2, 0.25) is 0 Å². The molecule has 0 amide bonds. The largest absolute Gasteiger partial charge is 0.392 e. The van der Waals surface area contributed by atoms with E-state index in [0.29, 0.717) is 17.4 Å². The summed E-state index contributed by atoms with van der Waals surface area (Å²) in [7, 11) is 0. The fourth-order valence-corrected chi connectivity index (χ4v) is 2.67. The van der Waals surface area contributed by atoms with Crippen LogP contribution in [0.3, 0.4) is 0 Å². The molecule has 3 rings (SSSR count). The maximum atomic E-state index is 11.6. The van der Waals surface area contributed by atoms with Crippen molar-refractivity contribution in [3.8, 4) is 0 Å². The summed E-state index contributed by atoms with van der Waals surface area (Å²) in [5.74, 6) is 0.533. The lowest BCUT2D eigenvalue weighted by molar-refractivity contribution is 0.281. The van der Waals surface area contributed by atoms with Gasteiger partial charge < -0.3 is 14.8 Å². The summed E-state index contributed by atoms with van der Waals surface area (Å²) in [6.07, 6.45) is 1.61. The summed E-state index contributed by atoms with van der Waals surface area (Å²) < 4.78 is 1.55. The second-order valence-corrected chi connectivity index (χ2v) is 6.60. The molecule has 27 heavy (non-hydrogen) atoms. The first-order valence-electron chi connectivity index (χ1n) is 8.35. The Morgan fingerprint density at radius 3 is 1.70 bits per heavy atom. The van der Waals surface area contributed by atoms with Gasteiger partial charge in [0.25, 0.3) is 5.56 Å². The molecule has 2 aromatic carbocycles. The van der Waals surface area contributed by atoms with E-state index in [2.05, 4.69) is 0 Å². The number of rotatable bonds is 5. The number of halogens is 2. The molecule has 0 aliphatic carbocycles. The minimum Gasteiger partial charge on any atom is -0.392 e. The van der Waals surface area contributed by atoms with Crippen molar-refractivity contribution in [2.75, 3.05) is 0 Å². The summed E-state index contributed by atoms with van der Waals surface area (Å²) in [5, 5.41) is 18.1. The SMILES string of the molecule is O=c1ccc(Cl)cn1Cc1ccc(CO)cc1.OCc1ccc(CCl)cc1. The number of aliphatic hydroxyl groups is 2. The fourth-order valence-electron chi connectivity index (χ4n) is 2.31. The van der Waals surface area contributed by atoms with Gasteiger partial charge in [0, 0.05) is 18.1 Å². The first-order valence-corrected chi connectivity index (χ1v) is 9.26. The molecule has 0 unspecified atom stereocenters. The Morgan fingerprint density at radius 2 is 1.22 bits per heavy atom. The molecule has 0 radical (unpaired) electrons. The summed E-state index contributed by atoms with van der Waals surface area (Å²) in [4.78, 5) is 11.6. The molecule has 0 aliphatic rings. The van der Waals surface area contributed by atoms with Crippen LogP contribution in [0.15, 0.2) is 71.7 Å². The molecule has 1 aromatic heterocycles. The summed E-state index contributed by atoms with van der Waals surface area (Å²) in [6, 6.07) is 18.1. The Bertz CT molecular complexity index is 868. The van der Waals surface area contributed by atoms with E-state index in [-0.39, 0.29) is 18.8 Å². The molecule has 0 spiro atoms. The molecule has 2 N–H and O–H groups in total. The average Bonchev–Trinajstić information content (AvgIpc) is 2.72. The highest BCUT2D eigenvalue weighted by Crippen LogP contribution is 2.08. The van der Waals surface area contributed by atoms with E-state index >= 15 is 0 Å². The van der Waals surface area contributed by atoms with E-state index in [4.69, 9.17) is 33.4 Å². The maximum Gasteiger partial charge on any atom is 0.250 e. The highest BCUT2D eigenvalue weighted by molar-refractivity contribution is 6.30. The van der Waals surface area contributed by atoms with Crippen LogP contribution in [0, 0.1) is 0 Å². The quantitative estimate of drug-likeness (QED) is 0.631. The fraction of sp³-hybridized carbons (Fsp3) is 0.190. The van der Waals surface area contributed by atoms with Crippen LogP contribution in [0.5, 0.6) is 0 Å². The van der Waals surface area contributed by atoms with Crippen LogP contribution in [-0.4, -0.2) is 14.8 Å². The normalized spacial score (nSPS) is 10.2. The topological polar surface area (TPSA) is 62.5 Å². The van der Waals surface area contributed by atoms with Gasteiger partial charge in [0.15, 0.2) is 0 Å². The second-order valence-electron chi connectivity index (χ2n) is 5.90. The smallest absolute Gasteiger partial charge is 0.250 e. The molecule has 0 saturated heterocycles. The van der Waals surface area contributed by atoms with Crippen LogP contribution < -0.4 is 5.56 Å². The van der Waals surface area contributed by atoms with Crippen molar-refractivity contribution in [1.82, 2.24) is 4.57 Å². The summed E-state index contributed by atoms with van der Waals surface area (Å²) >= 11 is 11.4. The molecule has 0 fully saturated rings. The van der Waals surface area contributed by atoms with Crippen molar-refractivity contribution in [2.45, 2.75) is 25.6 Å². The zero-order chi connectivity index (χ0) is 19.6. The van der Waals surface area contributed by atoms with Crippen LogP contribution in [0.2, 0.25) is 5.02 Å². The average molecular weight is 406 g/mol. The third kappa shape index (κ3) is 6.85. The highest BCUT2D eigenvalue weighted by atomic mass is 35.5. The van der Waals surface area contributed by atoms with Crippen LogP contribution >= 0.6 is 23.2 Å². The third-order valence-corrected chi connectivity index (χ3v) is 4.40. The second kappa shape index (κ2) is 10.9. The third-order valence-electron chi connectivity index (χ3n) is 3.87. The van der Waals surface area contributed by atoms with Gasteiger partial charge >= 0.3 is 0 Å². The lowest BCUT2D eigenvalue weighted by Crippen LogP contribution is -2.18. The summed E-state index contributed by atoms with van der Waals surface area (Å²) in [5.41, 5.74) is 3.77. The number of pyridine rings is 1. The van der Waals surface area contributed by atoms with Gasteiger partial charge in [0.05, 0.1) is 24.8 Å². The molecule has 6 heteroatoms. The first-order chi connectivity index (χ1) is 13.0. The van der Waals surface area contributed by atoms with E-state index < -0.39 is 0 Å². The van der Waals surface area contributed by atoms with Gasteiger partial charge in [-0.1, -0.05) is 60.1 Å². The lowest BCUT2D eigenvalue weighted by Gasteiger charge is -2.06. The number of benzene rings is 2. The molecule has 4 nitrogen and oxygen atoms in total. The molecule has 142 valence electrons. The number of aliphatic hydroxyl groups excluding tert-OH is 2. The highest BCUT2D eigenvalue weighted by Gasteiger charge is 1.99. The van der Waals surface area contributed by atoms with Gasteiger partial charge in [-0.3, -0.25) is 4.79 Å². The van der Waals surface area contributed by atoms with Crippen molar-refractivity contribution in [1.29, 1.82) is 0 Å². The lowest BCUT2D eigenvalue weighted by atomic mass is 10.1. The van der Waals surface area contributed by atoms with Crippen LogP contribution in [0.4, 0.5) is 0 Å². The van der Waals surface area contributed by atoms with Gasteiger partial charge in [-0.25, -0.2) is 0 Å². The minimum atomic E-state index is -0.0827. The Balaban J connectivity index is 0.000000223. The van der Waals surface area contributed by atoms with Crippen molar-refractivity contribution in [3.63, 3.8) is 0 Å². The summed E-state index contributed by atoms with van der Waals surface area (Å²) in [6.45, 7) is 0.602. The first kappa shape index (κ1) is 21.2. The number of nitrogens with zero attached hydrogens (tertiary/aromatic N) is 1. The Morgan fingerprint density at radius 1 is 0.741 bits per heavy atom. The Hall–Kier alpha value is -2.11. The standard InChI is InChI=1S/C13H12ClNO2.C8H9ClO/c14-12-5-6-13(17)15(8-12)7-10-1-3-11(9-16)4-2-10;9-5-7-1-3-8(6-10)4-2-7/h1-6,8,16H,7,9H2;1-4,10H,5-6H2. The van der Waals surface area contributed by atoms with Gasteiger partial charge in [-0.15, -0.1) is 11.6 Å². The van der Waals surface area contributed by atoms with Crippen molar-refractivity contribution in [3.05, 3.63) is 104 Å². The molecule has 3 aromatic rings. The molecular weight excluding hydrogens is 385 g/mol. The van der Waals surface area contributed by atoms with E-state index in [1.807, 2.05) is 48.5 Å². The molecule has 1 heterocycles. The van der Waals surface area contributed by atoms with Gasteiger partial charge in [-0.05, 0) is 28.3 Å².